The van der Waals surface area contributed by atoms with E-state index in [0.29, 0.717) is 6.42 Å². The van der Waals surface area contributed by atoms with Gasteiger partial charge in [-0.1, -0.05) is 48.5 Å². The molecule has 4 rings (SSSR count). The largest absolute Gasteiger partial charge is 0.346 e. The average molecular weight is 417 g/mol. The van der Waals surface area contributed by atoms with Crippen LogP contribution < -0.4 is 16.0 Å². The molecule has 0 radical (unpaired) electrons. The summed E-state index contributed by atoms with van der Waals surface area (Å²) in [7, 11) is 1.75. The van der Waals surface area contributed by atoms with Crippen LogP contribution in [0.15, 0.2) is 54.6 Å². The maximum Gasteiger partial charge on any atom is 0.243 e. The molecule has 1 atom stereocenters. The minimum Gasteiger partial charge on any atom is -0.346 e. The molecule has 1 aliphatic rings. The van der Waals surface area contributed by atoms with Crippen LogP contribution in [-0.4, -0.2) is 36.4 Å². The third kappa shape index (κ3) is 4.91. The topological polar surface area (TPSA) is 83.1 Å². The molecule has 31 heavy (non-hydrogen) atoms. The minimum atomic E-state index is -0.398. The summed E-state index contributed by atoms with van der Waals surface area (Å²) in [6.45, 7) is -0.0722. The van der Waals surface area contributed by atoms with E-state index in [1.165, 1.54) is 0 Å². The summed E-state index contributed by atoms with van der Waals surface area (Å²) in [4.78, 5) is 30.2. The SMILES string of the molecule is CN[C@@H](Cc1ccccc1)C(=O)NCC(=O)Nc1c2c(nc3ccccc13)CCCC2. The molecule has 160 valence electrons. The van der Waals surface area contributed by atoms with Crippen LogP contribution in [-0.2, 0) is 28.9 Å². The van der Waals surface area contributed by atoms with Gasteiger partial charge in [0.05, 0.1) is 23.8 Å². The van der Waals surface area contributed by atoms with Gasteiger partial charge in [0.2, 0.25) is 11.8 Å². The highest BCUT2D eigenvalue weighted by Gasteiger charge is 2.21. The second kappa shape index (κ2) is 9.71. The Hall–Kier alpha value is -3.25. The number of carbonyl (C=O) groups is 2. The molecular formula is C25H28N4O2. The molecular weight excluding hydrogens is 388 g/mol. The van der Waals surface area contributed by atoms with Crippen molar-refractivity contribution in [2.45, 2.75) is 38.1 Å². The Morgan fingerprint density at radius 3 is 2.55 bits per heavy atom. The van der Waals surface area contributed by atoms with E-state index >= 15 is 0 Å². The Morgan fingerprint density at radius 2 is 1.74 bits per heavy atom. The summed E-state index contributed by atoms with van der Waals surface area (Å²) in [5.74, 6) is -0.421. The zero-order valence-electron chi connectivity index (χ0n) is 17.8. The Morgan fingerprint density at radius 1 is 1.00 bits per heavy atom. The van der Waals surface area contributed by atoms with Crippen molar-refractivity contribution in [3.05, 3.63) is 71.4 Å². The van der Waals surface area contributed by atoms with Gasteiger partial charge in [-0.2, -0.15) is 0 Å². The number of hydrogen-bond donors (Lipinski definition) is 3. The van der Waals surface area contributed by atoms with Crippen LogP contribution in [0.1, 0.15) is 29.7 Å². The molecule has 0 saturated carbocycles. The average Bonchev–Trinajstić information content (AvgIpc) is 2.81. The van der Waals surface area contributed by atoms with E-state index in [0.717, 1.165) is 59.1 Å². The number of nitrogens with one attached hydrogen (secondary N) is 3. The summed E-state index contributed by atoms with van der Waals surface area (Å²) in [5, 5.41) is 9.82. The zero-order chi connectivity index (χ0) is 21.6. The van der Waals surface area contributed by atoms with E-state index in [-0.39, 0.29) is 18.4 Å². The van der Waals surface area contributed by atoms with E-state index in [9.17, 15) is 9.59 Å². The number of pyridine rings is 1. The van der Waals surface area contributed by atoms with Crippen LogP contribution >= 0.6 is 0 Å². The highest BCUT2D eigenvalue weighted by Crippen LogP contribution is 2.33. The monoisotopic (exact) mass is 416 g/mol. The smallest absolute Gasteiger partial charge is 0.243 e. The van der Waals surface area contributed by atoms with Gasteiger partial charge in [0.25, 0.3) is 0 Å². The predicted molar refractivity (Wildman–Crippen MR) is 123 cm³/mol. The molecule has 3 N–H and O–H groups in total. The maximum atomic E-state index is 12.7. The molecule has 0 aliphatic heterocycles. The number of aromatic nitrogens is 1. The van der Waals surface area contributed by atoms with Crippen molar-refractivity contribution in [2.24, 2.45) is 0 Å². The number of benzene rings is 2. The molecule has 0 unspecified atom stereocenters. The summed E-state index contributed by atoms with van der Waals surface area (Å²) < 4.78 is 0. The fourth-order valence-electron chi connectivity index (χ4n) is 4.17. The summed E-state index contributed by atoms with van der Waals surface area (Å²) in [5.41, 5.74) is 5.00. The van der Waals surface area contributed by atoms with Gasteiger partial charge in [0, 0.05) is 11.1 Å². The quantitative estimate of drug-likeness (QED) is 0.553. The van der Waals surface area contributed by atoms with E-state index in [4.69, 9.17) is 4.98 Å². The van der Waals surface area contributed by atoms with E-state index in [2.05, 4.69) is 16.0 Å². The first kappa shape index (κ1) is 21.0. The number of likely N-dealkylation sites (N-methyl/N-ethyl adjacent to an activating group) is 1. The van der Waals surface area contributed by atoms with Crippen LogP contribution in [0.3, 0.4) is 0 Å². The number of rotatable bonds is 7. The summed E-state index contributed by atoms with van der Waals surface area (Å²) in [6, 6.07) is 17.3. The standard InChI is InChI=1S/C25H28N4O2/c1-26-22(15-17-9-3-2-4-10-17)25(31)27-16-23(30)29-24-18-11-5-7-13-20(18)28-21-14-8-6-12-19(21)24/h2-5,7,9-11,13,22,26H,6,8,12,14-16H2,1H3,(H,27,31)(H,28,29,30)/t22-/m0/s1. The van der Waals surface area contributed by atoms with Gasteiger partial charge in [-0.15, -0.1) is 0 Å². The third-order valence-electron chi connectivity index (χ3n) is 5.80. The number of fused-ring (bicyclic) bond motifs is 2. The van der Waals surface area contributed by atoms with E-state index in [1.807, 2.05) is 54.6 Å². The molecule has 1 aromatic heterocycles. The van der Waals surface area contributed by atoms with Gasteiger partial charge in [0.15, 0.2) is 0 Å². The zero-order valence-corrected chi connectivity index (χ0v) is 17.8. The fraction of sp³-hybridized carbons (Fsp3) is 0.320. The van der Waals surface area contributed by atoms with Gasteiger partial charge >= 0.3 is 0 Å². The second-order valence-corrected chi connectivity index (χ2v) is 7.93. The number of nitrogens with zero attached hydrogens (tertiary/aromatic N) is 1. The van der Waals surface area contributed by atoms with Crippen LogP contribution in [0.5, 0.6) is 0 Å². The lowest BCUT2D eigenvalue weighted by molar-refractivity contribution is -0.125. The number of aryl methyl sites for hydroxylation is 1. The highest BCUT2D eigenvalue weighted by atomic mass is 16.2. The third-order valence-corrected chi connectivity index (χ3v) is 5.80. The Labute approximate surface area is 182 Å². The van der Waals surface area contributed by atoms with Crippen LogP contribution in [0.25, 0.3) is 10.9 Å². The molecule has 2 amide bonds. The summed E-state index contributed by atoms with van der Waals surface area (Å²) in [6.07, 6.45) is 4.62. The second-order valence-electron chi connectivity index (χ2n) is 7.93. The normalized spacial score (nSPS) is 14.0. The minimum absolute atomic E-state index is 0.0722. The molecule has 1 heterocycles. The first-order chi connectivity index (χ1) is 15.2. The number of amides is 2. The summed E-state index contributed by atoms with van der Waals surface area (Å²) >= 11 is 0. The van der Waals surface area contributed by atoms with E-state index in [1.54, 1.807) is 7.05 Å². The van der Waals surface area contributed by atoms with Gasteiger partial charge in [-0.3, -0.25) is 14.6 Å². The predicted octanol–water partition coefficient (Wildman–Crippen LogP) is 3.00. The van der Waals surface area contributed by atoms with Crippen molar-refractivity contribution >= 4 is 28.4 Å². The lowest BCUT2D eigenvalue weighted by Crippen LogP contribution is -2.46. The van der Waals surface area contributed by atoms with Crippen molar-refractivity contribution in [1.29, 1.82) is 0 Å². The van der Waals surface area contributed by atoms with Gasteiger partial charge in [-0.05, 0) is 56.3 Å². The first-order valence-corrected chi connectivity index (χ1v) is 10.8. The van der Waals surface area contributed by atoms with E-state index < -0.39 is 6.04 Å². The van der Waals surface area contributed by atoms with Crippen LogP contribution in [0.2, 0.25) is 0 Å². The highest BCUT2D eigenvalue weighted by molar-refractivity contribution is 6.04. The Kier molecular flexibility index (Phi) is 6.57. The van der Waals surface area contributed by atoms with Crippen LogP contribution in [0.4, 0.5) is 5.69 Å². The van der Waals surface area contributed by atoms with Crippen LogP contribution in [0, 0.1) is 0 Å². The number of carbonyl (C=O) groups excluding carboxylic acids is 2. The molecule has 1 aliphatic carbocycles. The van der Waals surface area contributed by atoms with Gasteiger partial charge in [-0.25, -0.2) is 0 Å². The van der Waals surface area contributed by atoms with Crippen molar-refractivity contribution in [2.75, 3.05) is 18.9 Å². The molecule has 3 aromatic rings. The molecule has 0 fully saturated rings. The van der Waals surface area contributed by atoms with Crippen molar-refractivity contribution < 1.29 is 9.59 Å². The molecule has 0 bridgehead atoms. The molecule has 0 saturated heterocycles. The molecule has 6 nitrogen and oxygen atoms in total. The fourth-order valence-corrected chi connectivity index (χ4v) is 4.17. The van der Waals surface area contributed by atoms with Crippen molar-refractivity contribution in [3.8, 4) is 0 Å². The lowest BCUT2D eigenvalue weighted by atomic mass is 9.92. The van der Waals surface area contributed by atoms with Gasteiger partial charge in [0.1, 0.15) is 0 Å². The molecule has 0 spiro atoms. The van der Waals surface area contributed by atoms with Crippen molar-refractivity contribution in [1.82, 2.24) is 15.6 Å². The number of para-hydroxylation sites is 1. The first-order valence-electron chi connectivity index (χ1n) is 10.8. The molecule has 6 heteroatoms. The Bertz CT molecular complexity index is 1080. The Balaban J connectivity index is 1.44. The van der Waals surface area contributed by atoms with Crippen molar-refractivity contribution in [3.63, 3.8) is 0 Å². The number of anilines is 1. The van der Waals surface area contributed by atoms with Gasteiger partial charge < -0.3 is 16.0 Å². The lowest BCUT2D eigenvalue weighted by Gasteiger charge is -2.21. The number of hydrogen-bond acceptors (Lipinski definition) is 4. The molecule has 2 aromatic carbocycles. The maximum absolute atomic E-state index is 12.7.